The van der Waals surface area contributed by atoms with Gasteiger partial charge in [0, 0.05) is 44.9 Å². The molecule has 2 aromatic carbocycles. The molecule has 41 heavy (non-hydrogen) atoms. The fourth-order valence-corrected chi connectivity index (χ4v) is 5.26. The number of hydrogen-bond donors (Lipinski definition) is 0. The highest BCUT2D eigenvalue weighted by Crippen LogP contribution is 2.31. The highest BCUT2D eigenvalue weighted by Gasteiger charge is 2.28. The van der Waals surface area contributed by atoms with Crippen molar-refractivity contribution in [2.75, 3.05) is 65.0 Å². The van der Waals surface area contributed by atoms with Crippen LogP contribution in [0, 0.1) is 0 Å². The van der Waals surface area contributed by atoms with E-state index in [-0.39, 0.29) is 30.9 Å². The van der Waals surface area contributed by atoms with Gasteiger partial charge in [0.05, 0.1) is 39.0 Å². The lowest BCUT2D eigenvalue weighted by Crippen LogP contribution is -2.53. The first-order valence-corrected chi connectivity index (χ1v) is 14.1. The largest absolute Gasteiger partial charge is 0.493 e. The second-order valence-electron chi connectivity index (χ2n) is 10.3. The number of carbonyl (C=O) groups is 2. The van der Waals surface area contributed by atoms with Crippen LogP contribution in [0.5, 0.6) is 11.5 Å². The average Bonchev–Trinajstić information content (AvgIpc) is 3.54. The van der Waals surface area contributed by atoms with Gasteiger partial charge in [-0.15, -0.1) is 10.2 Å². The van der Waals surface area contributed by atoms with E-state index in [4.69, 9.17) is 14.2 Å². The number of rotatable bonds is 10. The van der Waals surface area contributed by atoms with E-state index >= 15 is 0 Å². The van der Waals surface area contributed by atoms with E-state index in [9.17, 15) is 9.59 Å². The molecule has 0 bridgehead atoms. The van der Waals surface area contributed by atoms with Crippen LogP contribution in [0.3, 0.4) is 0 Å². The monoisotopic (exact) mass is 559 g/mol. The molecule has 1 atom stereocenters. The first kappa shape index (κ1) is 28.4. The third-order valence-electron chi connectivity index (χ3n) is 7.61. The zero-order valence-corrected chi connectivity index (χ0v) is 23.7. The van der Waals surface area contributed by atoms with E-state index in [1.807, 2.05) is 65.6 Å². The molecule has 10 nitrogen and oxygen atoms in total. The Kier molecular flexibility index (Phi) is 9.30. The second kappa shape index (κ2) is 13.5. The minimum absolute atomic E-state index is 0.0140. The minimum Gasteiger partial charge on any atom is -0.493 e. The maximum absolute atomic E-state index is 13.3. The first-order valence-electron chi connectivity index (χ1n) is 14.1. The number of nitrogens with zero attached hydrogens (tertiary/aromatic N) is 5. The fraction of sp³-hybridized carbons (Fsp3) is 0.419. The lowest BCUT2D eigenvalue weighted by molar-refractivity contribution is -0.141. The Morgan fingerprint density at radius 1 is 0.951 bits per heavy atom. The number of piperazine rings is 1. The van der Waals surface area contributed by atoms with E-state index in [2.05, 4.69) is 15.1 Å². The van der Waals surface area contributed by atoms with Gasteiger partial charge < -0.3 is 28.9 Å². The molecule has 5 rings (SSSR count). The van der Waals surface area contributed by atoms with Gasteiger partial charge >= 0.3 is 0 Å². The van der Waals surface area contributed by atoms with E-state index in [1.165, 1.54) is 0 Å². The van der Waals surface area contributed by atoms with Gasteiger partial charge in [-0.05, 0) is 48.7 Å². The predicted molar refractivity (Wildman–Crippen MR) is 155 cm³/mol. The van der Waals surface area contributed by atoms with Gasteiger partial charge in [-0.25, -0.2) is 0 Å². The molecule has 2 saturated heterocycles. The average molecular weight is 560 g/mol. The predicted octanol–water partition coefficient (Wildman–Crippen LogP) is 3.06. The molecule has 0 spiro atoms. The quantitative estimate of drug-likeness (QED) is 0.374. The number of benzene rings is 2. The third kappa shape index (κ3) is 7.13. The molecule has 3 heterocycles. The summed E-state index contributed by atoms with van der Waals surface area (Å²) in [7, 11) is 3.21. The highest BCUT2D eigenvalue weighted by molar-refractivity contribution is 5.86. The van der Waals surface area contributed by atoms with Crippen molar-refractivity contribution in [2.24, 2.45) is 0 Å². The Morgan fingerprint density at radius 3 is 2.39 bits per heavy atom. The topological polar surface area (TPSA) is 97.3 Å². The van der Waals surface area contributed by atoms with Crippen molar-refractivity contribution < 1.29 is 23.8 Å². The normalized spacial score (nSPS) is 16.9. The number of anilines is 1. The lowest BCUT2D eigenvalue weighted by Gasteiger charge is -2.36. The molecule has 1 unspecified atom stereocenters. The summed E-state index contributed by atoms with van der Waals surface area (Å²) in [5.74, 6) is 1.96. The van der Waals surface area contributed by atoms with E-state index in [0.29, 0.717) is 50.8 Å². The highest BCUT2D eigenvalue weighted by atomic mass is 16.5. The summed E-state index contributed by atoms with van der Waals surface area (Å²) in [6.07, 6.45) is 2.15. The zero-order valence-electron chi connectivity index (χ0n) is 23.7. The van der Waals surface area contributed by atoms with Crippen molar-refractivity contribution in [1.82, 2.24) is 20.0 Å². The Hall–Kier alpha value is -4.18. The first-order chi connectivity index (χ1) is 20.0. The molecular formula is C31H37N5O5. The van der Waals surface area contributed by atoms with Gasteiger partial charge in [0.2, 0.25) is 11.8 Å². The van der Waals surface area contributed by atoms with Crippen LogP contribution in [0.4, 0.5) is 5.82 Å². The summed E-state index contributed by atoms with van der Waals surface area (Å²) < 4.78 is 16.5. The molecular weight excluding hydrogens is 522 g/mol. The summed E-state index contributed by atoms with van der Waals surface area (Å²) in [5, 5.41) is 8.88. The molecule has 3 aromatic rings. The third-order valence-corrected chi connectivity index (χ3v) is 7.61. The van der Waals surface area contributed by atoms with Crippen LogP contribution in [0.2, 0.25) is 0 Å². The number of hydrogen-bond acceptors (Lipinski definition) is 8. The van der Waals surface area contributed by atoms with Crippen molar-refractivity contribution >= 4 is 17.6 Å². The van der Waals surface area contributed by atoms with Crippen molar-refractivity contribution in [3.63, 3.8) is 0 Å². The van der Waals surface area contributed by atoms with Crippen LogP contribution in [0.1, 0.15) is 18.4 Å². The summed E-state index contributed by atoms with van der Waals surface area (Å²) in [6.45, 7) is 3.60. The maximum atomic E-state index is 13.3. The standard InChI is InChI=1S/C31H37N5O5/c1-39-27-12-10-24(20-28(27)40-2)26-11-13-29(33-32-26)34-14-16-35(17-15-34)31(38)22-36(21-25-9-6-18-41-25)30(37)19-23-7-4-3-5-8-23/h3-5,7-8,10-13,20,25H,6,9,14-19,21-22H2,1-2H3. The molecule has 0 N–H and O–H groups in total. The summed E-state index contributed by atoms with van der Waals surface area (Å²) in [5.41, 5.74) is 2.55. The van der Waals surface area contributed by atoms with Crippen LogP contribution < -0.4 is 14.4 Å². The molecule has 2 aliphatic heterocycles. The van der Waals surface area contributed by atoms with Crippen molar-refractivity contribution in [2.45, 2.75) is 25.4 Å². The lowest BCUT2D eigenvalue weighted by atomic mass is 10.1. The van der Waals surface area contributed by atoms with Crippen LogP contribution in [0.15, 0.2) is 60.7 Å². The molecule has 216 valence electrons. The van der Waals surface area contributed by atoms with Crippen molar-refractivity contribution in [3.8, 4) is 22.8 Å². The maximum Gasteiger partial charge on any atom is 0.242 e. The van der Waals surface area contributed by atoms with Gasteiger partial charge in [-0.1, -0.05) is 30.3 Å². The molecule has 1 aromatic heterocycles. The van der Waals surface area contributed by atoms with Crippen LogP contribution >= 0.6 is 0 Å². The number of amides is 2. The van der Waals surface area contributed by atoms with Crippen molar-refractivity contribution in [3.05, 3.63) is 66.2 Å². The summed E-state index contributed by atoms with van der Waals surface area (Å²) in [6, 6.07) is 19.2. The van der Waals surface area contributed by atoms with E-state index in [0.717, 1.165) is 35.5 Å². The van der Waals surface area contributed by atoms with Crippen LogP contribution in [-0.4, -0.2) is 98.0 Å². The molecule has 2 amide bonds. The zero-order chi connectivity index (χ0) is 28.6. The molecule has 0 radical (unpaired) electrons. The Morgan fingerprint density at radius 2 is 1.73 bits per heavy atom. The van der Waals surface area contributed by atoms with Gasteiger partial charge in [0.25, 0.3) is 0 Å². The van der Waals surface area contributed by atoms with E-state index in [1.54, 1.807) is 19.1 Å². The molecule has 2 fully saturated rings. The smallest absolute Gasteiger partial charge is 0.242 e. The molecule has 0 aliphatic carbocycles. The Bertz CT molecular complexity index is 1310. The van der Waals surface area contributed by atoms with Gasteiger partial charge in [0.15, 0.2) is 17.3 Å². The summed E-state index contributed by atoms with van der Waals surface area (Å²) >= 11 is 0. The SMILES string of the molecule is COc1ccc(-c2ccc(N3CCN(C(=O)CN(CC4CCCO4)C(=O)Cc4ccccc4)CC3)nn2)cc1OC. The van der Waals surface area contributed by atoms with Gasteiger partial charge in [0.1, 0.15) is 0 Å². The number of aromatic nitrogens is 2. The number of carbonyl (C=O) groups excluding carboxylic acids is 2. The molecule has 2 aliphatic rings. The Balaban J connectivity index is 1.17. The summed E-state index contributed by atoms with van der Waals surface area (Å²) in [4.78, 5) is 32.2. The number of methoxy groups -OCH3 is 2. The van der Waals surface area contributed by atoms with Gasteiger partial charge in [-0.3, -0.25) is 9.59 Å². The fourth-order valence-electron chi connectivity index (χ4n) is 5.26. The molecule has 10 heteroatoms. The van der Waals surface area contributed by atoms with E-state index < -0.39 is 0 Å². The van der Waals surface area contributed by atoms with Crippen LogP contribution in [-0.2, 0) is 20.7 Å². The van der Waals surface area contributed by atoms with Crippen LogP contribution in [0.25, 0.3) is 11.3 Å². The molecule has 0 saturated carbocycles. The second-order valence-corrected chi connectivity index (χ2v) is 10.3. The minimum atomic E-state index is -0.0523. The van der Waals surface area contributed by atoms with Gasteiger partial charge in [-0.2, -0.15) is 0 Å². The van der Waals surface area contributed by atoms with Crippen molar-refractivity contribution in [1.29, 1.82) is 0 Å². The number of ether oxygens (including phenoxy) is 3. The Labute approximate surface area is 240 Å².